The molecule has 5 nitrogen and oxygen atoms in total. The molecule has 4 rings (SSSR count). The average Bonchev–Trinajstić information content (AvgIpc) is 2.87. The lowest BCUT2D eigenvalue weighted by atomic mass is 10.1. The fraction of sp³-hybridized carbons (Fsp3) is 0.583. The highest BCUT2D eigenvalue weighted by molar-refractivity contribution is 7.11. The summed E-state index contributed by atoms with van der Waals surface area (Å²) >= 11 is 1.79. The number of likely N-dealkylation sites (tertiary alicyclic amines) is 1. The van der Waals surface area contributed by atoms with E-state index in [0.29, 0.717) is 6.04 Å². The second-order valence-electron chi connectivity index (χ2n) is 5.14. The predicted molar refractivity (Wildman–Crippen MR) is 68.4 cm³/mol. The molecule has 1 aliphatic carbocycles. The molecular formula is C12H15N5S. The van der Waals surface area contributed by atoms with E-state index in [1.165, 1.54) is 17.8 Å². The third-order valence-electron chi connectivity index (χ3n) is 3.60. The maximum atomic E-state index is 4.29. The van der Waals surface area contributed by atoms with Crippen LogP contribution in [-0.4, -0.2) is 38.0 Å². The molecule has 0 spiro atoms. The van der Waals surface area contributed by atoms with Crippen LogP contribution < -0.4 is 0 Å². The van der Waals surface area contributed by atoms with Crippen molar-refractivity contribution >= 4 is 11.3 Å². The molecule has 0 amide bonds. The van der Waals surface area contributed by atoms with E-state index in [0.717, 1.165) is 30.6 Å². The predicted octanol–water partition coefficient (Wildman–Crippen LogP) is 1.67. The SMILES string of the molecule is c1cnn(C2CN(Cc3nnc(C4CC4)s3)C2)c1. The summed E-state index contributed by atoms with van der Waals surface area (Å²) in [6.45, 7) is 3.09. The van der Waals surface area contributed by atoms with Crippen molar-refractivity contribution in [1.29, 1.82) is 0 Å². The molecule has 6 heteroatoms. The normalized spacial score (nSPS) is 21.1. The summed E-state index contributed by atoms with van der Waals surface area (Å²) in [6.07, 6.45) is 6.49. The average molecular weight is 261 g/mol. The van der Waals surface area contributed by atoms with Crippen molar-refractivity contribution in [3.8, 4) is 0 Å². The topological polar surface area (TPSA) is 46.8 Å². The Morgan fingerprint density at radius 1 is 1.28 bits per heavy atom. The van der Waals surface area contributed by atoms with E-state index < -0.39 is 0 Å². The van der Waals surface area contributed by atoms with Gasteiger partial charge in [-0.1, -0.05) is 11.3 Å². The number of rotatable bonds is 4. The highest BCUT2D eigenvalue weighted by Gasteiger charge is 2.31. The fourth-order valence-electron chi connectivity index (χ4n) is 2.35. The van der Waals surface area contributed by atoms with E-state index in [2.05, 4.69) is 20.2 Å². The van der Waals surface area contributed by atoms with Gasteiger partial charge in [-0.25, -0.2) is 0 Å². The van der Waals surface area contributed by atoms with Crippen molar-refractivity contribution in [1.82, 2.24) is 24.9 Å². The van der Waals surface area contributed by atoms with E-state index in [4.69, 9.17) is 0 Å². The lowest BCUT2D eigenvalue weighted by molar-refractivity contribution is 0.0906. The van der Waals surface area contributed by atoms with E-state index in [1.807, 2.05) is 23.1 Å². The zero-order chi connectivity index (χ0) is 11.9. The standard InChI is InChI=1S/C12H15N5S/c1-4-13-17(5-1)10-6-16(7-10)8-11-14-15-12(18-11)9-2-3-9/h1,4-5,9-10H,2-3,6-8H2. The largest absolute Gasteiger partial charge is 0.292 e. The lowest BCUT2D eigenvalue weighted by Gasteiger charge is -2.38. The molecule has 1 saturated heterocycles. The first-order chi connectivity index (χ1) is 8.88. The van der Waals surface area contributed by atoms with Crippen molar-refractivity contribution in [2.24, 2.45) is 0 Å². The Labute approximate surface area is 109 Å². The third kappa shape index (κ3) is 1.95. The van der Waals surface area contributed by atoms with Gasteiger partial charge in [-0.2, -0.15) is 5.10 Å². The molecule has 18 heavy (non-hydrogen) atoms. The van der Waals surface area contributed by atoms with Crippen LogP contribution in [0.1, 0.15) is 34.8 Å². The van der Waals surface area contributed by atoms with Crippen LogP contribution in [-0.2, 0) is 6.54 Å². The molecule has 2 aromatic heterocycles. The Bertz CT molecular complexity index is 524. The molecule has 0 bridgehead atoms. The second kappa shape index (κ2) is 4.13. The number of nitrogens with zero attached hydrogens (tertiary/aromatic N) is 5. The molecule has 0 aromatic carbocycles. The van der Waals surface area contributed by atoms with Crippen molar-refractivity contribution in [2.45, 2.75) is 31.3 Å². The van der Waals surface area contributed by atoms with Crippen LogP contribution in [0.2, 0.25) is 0 Å². The second-order valence-corrected chi connectivity index (χ2v) is 6.24. The van der Waals surface area contributed by atoms with Crippen LogP contribution in [0.4, 0.5) is 0 Å². The van der Waals surface area contributed by atoms with Crippen LogP contribution in [0.3, 0.4) is 0 Å². The minimum atomic E-state index is 0.538. The van der Waals surface area contributed by atoms with Crippen LogP contribution in [0.25, 0.3) is 0 Å². The van der Waals surface area contributed by atoms with Gasteiger partial charge in [0.25, 0.3) is 0 Å². The molecule has 0 unspecified atom stereocenters. The van der Waals surface area contributed by atoms with Crippen molar-refractivity contribution < 1.29 is 0 Å². The Balaban J connectivity index is 1.33. The van der Waals surface area contributed by atoms with E-state index in [9.17, 15) is 0 Å². The zero-order valence-corrected chi connectivity index (χ0v) is 10.9. The number of hydrogen-bond donors (Lipinski definition) is 0. The summed E-state index contributed by atoms with van der Waals surface area (Å²) < 4.78 is 2.05. The van der Waals surface area contributed by atoms with Gasteiger partial charge in [-0.05, 0) is 18.9 Å². The molecule has 2 aliphatic rings. The summed E-state index contributed by atoms with van der Waals surface area (Å²) in [7, 11) is 0. The smallest absolute Gasteiger partial charge is 0.131 e. The summed E-state index contributed by atoms with van der Waals surface area (Å²) in [5.41, 5.74) is 0. The highest BCUT2D eigenvalue weighted by atomic mass is 32.1. The molecule has 1 saturated carbocycles. The first-order valence-corrected chi connectivity index (χ1v) is 7.24. The third-order valence-corrected chi connectivity index (χ3v) is 4.68. The number of hydrogen-bond acceptors (Lipinski definition) is 5. The summed E-state index contributed by atoms with van der Waals surface area (Å²) in [5, 5.41) is 15.3. The van der Waals surface area contributed by atoms with E-state index in [1.54, 1.807) is 11.3 Å². The molecule has 1 aliphatic heterocycles. The zero-order valence-electron chi connectivity index (χ0n) is 10.1. The quantitative estimate of drug-likeness (QED) is 0.840. The monoisotopic (exact) mass is 261 g/mol. The molecule has 0 N–H and O–H groups in total. The molecule has 0 radical (unpaired) electrons. The summed E-state index contributed by atoms with van der Waals surface area (Å²) in [5.74, 6) is 0.726. The Hall–Kier alpha value is -1.27. The van der Waals surface area contributed by atoms with Crippen LogP contribution in [0, 0.1) is 0 Å². The minimum absolute atomic E-state index is 0.538. The van der Waals surface area contributed by atoms with Gasteiger partial charge in [0.1, 0.15) is 10.0 Å². The van der Waals surface area contributed by atoms with Crippen LogP contribution in [0.5, 0.6) is 0 Å². The van der Waals surface area contributed by atoms with Gasteiger partial charge >= 0.3 is 0 Å². The molecule has 2 aromatic rings. The Morgan fingerprint density at radius 3 is 2.89 bits per heavy atom. The molecule has 94 valence electrons. The summed E-state index contributed by atoms with van der Waals surface area (Å²) in [4.78, 5) is 2.41. The molecule has 3 heterocycles. The first kappa shape index (κ1) is 10.6. The van der Waals surface area contributed by atoms with Gasteiger partial charge in [0.05, 0.1) is 12.6 Å². The Kier molecular flexibility index (Phi) is 2.44. The molecule has 0 atom stereocenters. The first-order valence-electron chi connectivity index (χ1n) is 6.42. The van der Waals surface area contributed by atoms with Crippen molar-refractivity contribution in [3.05, 3.63) is 28.5 Å². The number of aromatic nitrogens is 4. The van der Waals surface area contributed by atoms with Gasteiger partial charge in [0, 0.05) is 31.4 Å². The van der Waals surface area contributed by atoms with Crippen molar-refractivity contribution in [2.75, 3.05) is 13.1 Å². The van der Waals surface area contributed by atoms with E-state index in [-0.39, 0.29) is 0 Å². The van der Waals surface area contributed by atoms with Gasteiger partial charge in [-0.15, -0.1) is 10.2 Å². The van der Waals surface area contributed by atoms with E-state index >= 15 is 0 Å². The van der Waals surface area contributed by atoms with Gasteiger partial charge in [0.15, 0.2) is 0 Å². The maximum Gasteiger partial charge on any atom is 0.131 e. The molecule has 2 fully saturated rings. The van der Waals surface area contributed by atoms with Gasteiger partial charge in [-0.3, -0.25) is 9.58 Å². The lowest BCUT2D eigenvalue weighted by Crippen LogP contribution is -2.47. The fourth-order valence-corrected chi connectivity index (χ4v) is 3.41. The van der Waals surface area contributed by atoms with Gasteiger partial charge < -0.3 is 0 Å². The summed E-state index contributed by atoms with van der Waals surface area (Å²) in [6, 6.07) is 2.52. The van der Waals surface area contributed by atoms with Crippen molar-refractivity contribution in [3.63, 3.8) is 0 Å². The maximum absolute atomic E-state index is 4.29. The molecular weight excluding hydrogens is 246 g/mol. The highest BCUT2D eigenvalue weighted by Crippen LogP contribution is 2.41. The van der Waals surface area contributed by atoms with Gasteiger partial charge in [0.2, 0.25) is 0 Å². The Morgan fingerprint density at radius 2 is 2.17 bits per heavy atom. The minimum Gasteiger partial charge on any atom is -0.292 e. The van der Waals surface area contributed by atoms with Crippen LogP contribution >= 0.6 is 11.3 Å². The van der Waals surface area contributed by atoms with Crippen LogP contribution in [0.15, 0.2) is 18.5 Å².